The van der Waals surface area contributed by atoms with Crippen molar-refractivity contribution in [3.63, 3.8) is 0 Å². The van der Waals surface area contributed by atoms with Crippen molar-refractivity contribution in [2.24, 2.45) is 5.92 Å². The largest absolute Gasteiger partial charge is 0.333 e. The minimum Gasteiger partial charge on any atom is -0.333 e. The predicted molar refractivity (Wildman–Crippen MR) is 84.3 cm³/mol. The van der Waals surface area contributed by atoms with Crippen LogP contribution in [0.4, 0.5) is 0 Å². The highest BCUT2D eigenvalue weighted by Gasteiger charge is 2.37. The van der Waals surface area contributed by atoms with Gasteiger partial charge in [0.15, 0.2) is 5.01 Å². The Morgan fingerprint density at radius 1 is 1.24 bits per heavy atom. The molecule has 2 heterocycles. The quantitative estimate of drug-likeness (QED) is 0.859. The van der Waals surface area contributed by atoms with Crippen LogP contribution >= 0.6 is 11.3 Å². The van der Waals surface area contributed by atoms with Gasteiger partial charge in [-0.15, -0.1) is 11.3 Å². The van der Waals surface area contributed by atoms with Crippen molar-refractivity contribution >= 4 is 17.2 Å². The van der Waals surface area contributed by atoms with Gasteiger partial charge < -0.3 is 4.90 Å². The lowest BCUT2D eigenvalue weighted by atomic mass is 9.97. The van der Waals surface area contributed by atoms with Gasteiger partial charge in [-0.1, -0.05) is 43.2 Å². The number of benzene rings is 1. The van der Waals surface area contributed by atoms with Crippen molar-refractivity contribution < 1.29 is 4.79 Å². The van der Waals surface area contributed by atoms with Gasteiger partial charge in [0.25, 0.3) is 5.91 Å². The summed E-state index contributed by atoms with van der Waals surface area (Å²) in [5.41, 5.74) is 1.98. The molecule has 0 spiro atoms. The highest BCUT2D eigenvalue weighted by Crippen LogP contribution is 2.38. The molecule has 2 fully saturated rings. The molecule has 1 aliphatic heterocycles. The molecule has 2 aliphatic rings. The first kappa shape index (κ1) is 13.0. The summed E-state index contributed by atoms with van der Waals surface area (Å²) in [6.07, 6.45) is 5.07. The van der Waals surface area contributed by atoms with E-state index in [1.807, 2.05) is 40.6 Å². The number of aromatic nitrogens is 1. The molecule has 0 radical (unpaired) electrons. The monoisotopic (exact) mass is 298 g/mol. The van der Waals surface area contributed by atoms with Crippen LogP contribution in [0.25, 0.3) is 11.3 Å². The van der Waals surface area contributed by atoms with E-state index in [4.69, 9.17) is 0 Å². The second kappa shape index (κ2) is 5.26. The molecule has 1 aliphatic carbocycles. The second-order valence-electron chi connectivity index (χ2n) is 6.02. The third-order valence-corrected chi connectivity index (χ3v) is 5.29. The van der Waals surface area contributed by atoms with E-state index >= 15 is 0 Å². The molecule has 2 aromatic rings. The summed E-state index contributed by atoms with van der Waals surface area (Å²) in [4.78, 5) is 19.1. The molecule has 1 amide bonds. The molecule has 1 aromatic carbocycles. The van der Waals surface area contributed by atoms with E-state index in [0.717, 1.165) is 23.7 Å². The van der Waals surface area contributed by atoms with Gasteiger partial charge in [-0.3, -0.25) is 4.79 Å². The maximum atomic E-state index is 12.6. The normalized spacial score (nSPS) is 21.1. The summed E-state index contributed by atoms with van der Waals surface area (Å²) >= 11 is 1.46. The first-order valence-electron chi connectivity index (χ1n) is 7.63. The van der Waals surface area contributed by atoms with Crippen LogP contribution in [0.3, 0.4) is 0 Å². The molecule has 0 N–H and O–H groups in total. The molecular formula is C17H18N2OS. The average molecular weight is 298 g/mol. The Labute approximate surface area is 128 Å². The van der Waals surface area contributed by atoms with Gasteiger partial charge in [-0.05, 0) is 18.8 Å². The molecule has 1 saturated carbocycles. The molecule has 1 aromatic heterocycles. The van der Waals surface area contributed by atoms with Crippen LogP contribution < -0.4 is 0 Å². The maximum Gasteiger partial charge on any atom is 0.283 e. The Morgan fingerprint density at radius 2 is 2.05 bits per heavy atom. The lowest BCUT2D eigenvalue weighted by Crippen LogP contribution is -2.51. The second-order valence-corrected chi connectivity index (χ2v) is 6.88. The first-order valence-corrected chi connectivity index (χ1v) is 8.51. The van der Waals surface area contributed by atoms with Crippen molar-refractivity contribution in [3.8, 4) is 11.3 Å². The lowest BCUT2D eigenvalue weighted by molar-refractivity contribution is 0.0431. The van der Waals surface area contributed by atoms with Gasteiger partial charge in [0.2, 0.25) is 0 Å². The van der Waals surface area contributed by atoms with E-state index in [0.29, 0.717) is 11.0 Å². The Hall–Kier alpha value is -1.68. The van der Waals surface area contributed by atoms with E-state index in [1.54, 1.807) is 0 Å². The van der Waals surface area contributed by atoms with Crippen LogP contribution in [0, 0.1) is 5.92 Å². The highest BCUT2D eigenvalue weighted by molar-refractivity contribution is 7.12. The highest BCUT2D eigenvalue weighted by atomic mass is 32.1. The Morgan fingerprint density at radius 3 is 2.71 bits per heavy atom. The van der Waals surface area contributed by atoms with Crippen molar-refractivity contribution in [1.82, 2.24) is 9.88 Å². The average Bonchev–Trinajstić information content (AvgIpc) is 3.18. The summed E-state index contributed by atoms with van der Waals surface area (Å²) in [7, 11) is 0. The number of thiazole rings is 1. The molecule has 3 nitrogen and oxygen atoms in total. The van der Waals surface area contributed by atoms with Crippen molar-refractivity contribution in [2.45, 2.75) is 31.7 Å². The molecule has 1 saturated heterocycles. The molecule has 1 atom stereocenters. The zero-order valence-corrected chi connectivity index (χ0v) is 12.7. The molecular weight excluding hydrogens is 280 g/mol. The molecule has 1 unspecified atom stereocenters. The number of hydrogen-bond acceptors (Lipinski definition) is 3. The van der Waals surface area contributed by atoms with Gasteiger partial charge in [0.1, 0.15) is 0 Å². The van der Waals surface area contributed by atoms with Crippen LogP contribution in [0.15, 0.2) is 35.7 Å². The van der Waals surface area contributed by atoms with Crippen LogP contribution in [-0.4, -0.2) is 28.4 Å². The molecule has 4 rings (SSSR count). The lowest BCUT2D eigenvalue weighted by Gasteiger charge is -2.40. The SMILES string of the molecule is O=C(c1nc(-c2ccccc2)cs1)N1CCC1CC1CC1. The van der Waals surface area contributed by atoms with Crippen LogP contribution in [0.5, 0.6) is 0 Å². The van der Waals surface area contributed by atoms with Crippen LogP contribution in [0.1, 0.15) is 35.5 Å². The standard InChI is InChI=1S/C17H18N2OS/c20-17(19-9-8-14(19)10-12-6-7-12)16-18-15(11-21-16)13-4-2-1-3-5-13/h1-5,11-12,14H,6-10H2. The van der Waals surface area contributed by atoms with E-state index < -0.39 is 0 Å². The number of hydrogen-bond donors (Lipinski definition) is 0. The smallest absolute Gasteiger partial charge is 0.283 e. The summed E-state index contributed by atoms with van der Waals surface area (Å²) in [5.74, 6) is 1.00. The van der Waals surface area contributed by atoms with Gasteiger partial charge in [-0.2, -0.15) is 0 Å². The van der Waals surface area contributed by atoms with E-state index in [2.05, 4.69) is 4.98 Å². The molecule has 108 valence electrons. The Bertz CT molecular complexity index is 648. The minimum absolute atomic E-state index is 0.124. The summed E-state index contributed by atoms with van der Waals surface area (Å²) in [5, 5.41) is 2.62. The summed E-state index contributed by atoms with van der Waals surface area (Å²) < 4.78 is 0. The number of rotatable bonds is 4. The predicted octanol–water partition coefficient (Wildman–Crippen LogP) is 3.82. The van der Waals surface area contributed by atoms with Gasteiger partial charge >= 0.3 is 0 Å². The zero-order chi connectivity index (χ0) is 14.2. The fourth-order valence-corrected chi connectivity index (χ4v) is 3.71. The third-order valence-electron chi connectivity index (χ3n) is 4.46. The zero-order valence-electron chi connectivity index (χ0n) is 11.9. The Balaban J connectivity index is 1.48. The minimum atomic E-state index is 0.124. The van der Waals surface area contributed by atoms with Crippen molar-refractivity contribution in [3.05, 3.63) is 40.7 Å². The maximum absolute atomic E-state index is 12.6. The van der Waals surface area contributed by atoms with E-state index in [-0.39, 0.29) is 5.91 Å². The fraction of sp³-hybridized carbons (Fsp3) is 0.412. The van der Waals surface area contributed by atoms with Crippen LogP contribution in [0.2, 0.25) is 0 Å². The molecule has 0 bridgehead atoms. The number of amides is 1. The number of nitrogens with zero attached hydrogens (tertiary/aromatic N) is 2. The third kappa shape index (κ3) is 2.60. The summed E-state index contributed by atoms with van der Waals surface area (Å²) in [6, 6.07) is 10.5. The topological polar surface area (TPSA) is 33.2 Å². The van der Waals surface area contributed by atoms with E-state index in [1.165, 1.54) is 37.0 Å². The number of carbonyl (C=O) groups excluding carboxylic acids is 1. The fourth-order valence-electron chi connectivity index (χ4n) is 2.93. The van der Waals surface area contributed by atoms with Crippen LogP contribution in [-0.2, 0) is 0 Å². The number of likely N-dealkylation sites (tertiary alicyclic amines) is 1. The molecule has 4 heteroatoms. The van der Waals surface area contributed by atoms with Gasteiger partial charge in [-0.25, -0.2) is 4.98 Å². The van der Waals surface area contributed by atoms with Crippen molar-refractivity contribution in [2.75, 3.05) is 6.54 Å². The Kier molecular flexibility index (Phi) is 3.26. The first-order chi connectivity index (χ1) is 10.3. The summed E-state index contributed by atoms with van der Waals surface area (Å²) in [6.45, 7) is 0.899. The van der Waals surface area contributed by atoms with Crippen molar-refractivity contribution in [1.29, 1.82) is 0 Å². The number of carbonyl (C=O) groups is 1. The van der Waals surface area contributed by atoms with Gasteiger partial charge in [0.05, 0.1) is 5.69 Å². The van der Waals surface area contributed by atoms with E-state index in [9.17, 15) is 4.79 Å². The molecule has 21 heavy (non-hydrogen) atoms. The van der Waals surface area contributed by atoms with Gasteiger partial charge in [0, 0.05) is 23.5 Å².